The summed E-state index contributed by atoms with van der Waals surface area (Å²) in [6.45, 7) is 10.3. The summed E-state index contributed by atoms with van der Waals surface area (Å²) in [5, 5.41) is 10.7. The second kappa shape index (κ2) is 13.7. The largest absolute Gasteiger partial charge is 0.460 e. The molecule has 2 aromatic rings. The first kappa shape index (κ1) is 28.1. The van der Waals surface area contributed by atoms with Crippen molar-refractivity contribution in [3.63, 3.8) is 0 Å². The van der Waals surface area contributed by atoms with Gasteiger partial charge in [0.25, 0.3) is 0 Å². The molecule has 1 aliphatic heterocycles. The van der Waals surface area contributed by atoms with Gasteiger partial charge < -0.3 is 19.3 Å². The van der Waals surface area contributed by atoms with Crippen LogP contribution in [-0.4, -0.2) is 35.5 Å². The number of ether oxygens (including phenoxy) is 3. The fourth-order valence-electron chi connectivity index (χ4n) is 4.60. The van der Waals surface area contributed by atoms with Gasteiger partial charge in [-0.1, -0.05) is 73.7 Å². The second-order valence-electron chi connectivity index (χ2n) is 10.5. The molecule has 196 valence electrons. The molecule has 1 fully saturated rings. The lowest BCUT2D eigenvalue weighted by Crippen LogP contribution is -2.45. The van der Waals surface area contributed by atoms with E-state index in [2.05, 4.69) is 6.58 Å². The smallest absolute Gasteiger partial charge is 0.314 e. The summed E-state index contributed by atoms with van der Waals surface area (Å²) in [6.07, 6.45) is 4.67. The van der Waals surface area contributed by atoms with Crippen LogP contribution in [0.3, 0.4) is 0 Å². The molecule has 1 aliphatic rings. The number of carbonyl (C=O) groups is 1. The van der Waals surface area contributed by atoms with Crippen LogP contribution in [0.5, 0.6) is 0 Å². The minimum Gasteiger partial charge on any atom is -0.460 e. The second-order valence-corrected chi connectivity index (χ2v) is 10.5. The van der Waals surface area contributed by atoms with E-state index < -0.39 is 11.5 Å². The molecule has 3 rings (SSSR count). The van der Waals surface area contributed by atoms with Crippen molar-refractivity contribution < 1.29 is 24.1 Å². The Kier molecular flexibility index (Phi) is 10.7. The summed E-state index contributed by atoms with van der Waals surface area (Å²) >= 11 is 0. The van der Waals surface area contributed by atoms with Gasteiger partial charge in [-0.3, -0.25) is 4.79 Å². The SMILES string of the molecule is C=C[C@H](C)[C@H](O)C[C@H](C[C@@H]1CCC[C@H](C(C)(C)C(=O)OCc2ccccc2)O1)OCc1ccccc1. The minimum absolute atomic E-state index is 0.0221. The predicted octanol–water partition coefficient (Wildman–Crippen LogP) is 6.24. The Hall–Kier alpha value is -2.47. The van der Waals surface area contributed by atoms with E-state index >= 15 is 0 Å². The van der Waals surface area contributed by atoms with Crippen molar-refractivity contribution >= 4 is 5.97 Å². The number of rotatable bonds is 13. The Balaban J connectivity index is 1.60. The van der Waals surface area contributed by atoms with Crippen LogP contribution in [0.2, 0.25) is 0 Å². The highest BCUT2D eigenvalue weighted by atomic mass is 16.5. The highest BCUT2D eigenvalue weighted by Gasteiger charge is 2.42. The lowest BCUT2D eigenvalue weighted by Gasteiger charge is -2.39. The summed E-state index contributed by atoms with van der Waals surface area (Å²) in [5.41, 5.74) is 1.30. The average Bonchev–Trinajstić information content (AvgIpc) is 2.91. The lowest BCUT2D eigenvalue weighted by molar-refractivity contribution is -0.175. The molecule has 0 bridgehead atoms. The zero-order valence-electron chi connectivity index (χ0n) is 22.0. The van der Waals surface area contributed by atoms with Crippen LogP contribution in [0.15, 0.2) is 73.3 Å². The van der Waals surface area contributed by atoms with Crippen molar-refractivity contribution in [3.8, 4) is 0 Å². The maximum Gasteiger partial charge on any atom is 0.314 e. The molecule has 0 saturated carbocycles. The Morgan fingerprint density at radius 1 is 1.08 bits per heavy atom. The molecule has 0 amide bonds. The maximum absolute atomic E-state index is 13.0. The first-order chi connectivity index (χ1) is 17.3. The van der Waals surface area contributed by atoms with Crippen molar-refractivity contribution in [2.24, 2.45) is 11.3 Å². The van der Waals surface area contributed by atoms with Gasteiger partial charge in [0.1, 0.15) is 6.61 Å². The molecular formula is C31H42O5. The number of aliphatic hydroxyl groups is 1. The molecule has 0 spiro atoms. The maximum atomic E-state index is 13.0. The van der Waals surface area contributed by atoms with Crippen LogP contribution in [0.25, 0.3) is 0 Å². The molecule has 5 heteroatoms. The van der Waals surface area contributed by atoms with Crippen LogP contribution >= 0.6 is 0 Å². The quantitative estimate of drug-likeness (QED) is 0.264. The van der Waals surface area contributed by atoms with E-state index in [9.17, 15) is 9.90 Å². The van der Waals surface area contributed by atoms with Gasteiger partial charge in [0.15, 0.2) is 0 Å². The van der Waals surface area contributed by atoms with Crippen molar-refractivity contribution in [2.75, 3.05) is 0 Å². The van der Waals surface area contributed by atoms with Gasteiger partial charge in [-0.2, -0.15) is 0 Å². The minimum atomic E-state index is -0.759. The number of hydrogen-bond donors (Lipinski definition) is 1. The summed E-state index contributed by atoms with van der Waals surface area (Å²) in [6, 6.07) is 19.8. The monoisotopic (exact) mass is 494 g/mol. The zero-order valence-corrected chi connectivity index (χ0v) is 22.0. The van der Waals surface area contributed by atoms with Crippen molar-refractivity contribution in [1.29, 1.82) is 0 Å². The summed E-state index contributed by atoms with van der Waals surface area (Å²) < 4.78 is 18.4. The fraction of sp³-hybridized carbons (Fsp3) is 0.516. The molecule has 1 saturated heterocycles. The standard InChI is InChI=1S/C31H42O5/c1-5-23(2)28(32)20-27(34-21-24-13-8-6-9-14-24)19-26-17-12-18-29(36-26)31(3,4)30(33)35-22-25-15-10-7-11-16-25/h5-11,13-16,23,26-29,32H,1,12,17-22H2,2-4H3/t23-,26-,27-,28+,29+/m0/s1. The third-order valence-corrected chi connectivity index (χ3v) is 7.23. The average molecular weight is 495 g/mol. The van der Waals surface area contributed by atoms with Crippen LogP contribution in [0.1, 0.15) is 64.0 Å². The molecule has 5 nitrogen and oxygen atoms in total. The molecule has 1 N–H and O–H groups in total. The van der Waals surface area contributed by atoms with Gasteiger partial charge in [0.2, 0.25) is 0 Å². The van der Waals surface area contributed by atoms with Crippen LogP contribution < -0.4 is 0 Å². The van der Waals surface area contributed by atoms with Gasteiger partial charge in [0, 0.05) is 6.42 Å². The molecule has 0 unspecified atom stereocenters. The fourth-order valence-corrected chi connectivity index (χ4v) is 4.60. The molecule has 0 radical (unpaired) electrons. The molecule has 5 atom stereocenters. The van der Waals surface area contributed by atoms with Gasteiger partial charge in [-0.05, 0) is 56.6 Å². The van der Waals surface area contributed by atoms with Crippen molar-refractivity contribution in [1.82, 2.24) is 0 Å². The Morgan fingerprint density at radius 3 is 2.31 bits per heavy atom. The van der Waals surface area contributed by atoms with Crippen molar-refractivity contribution in [3.05, 3.63) is 84.4 Å². The van der Waals surface area contributed by atoms with E-state index in [1.54, 1.807) is 6.08 Å². The number of benzene rings is 2. The first-order valence-electron chi connectivity index (χ1n) is 13.1. The Labute approximate surface area is 216 Å². The van der Waals surface area contributed by atoms with Gasteiger partial charge >= 0.3 is 5.97 Å². The summed E-state index contributed by atoms with van der Waals surface area (Å²) in [5.74, 6) is -0.268. The third kappa shape index (κ3) is 8.29. The highest BCUT2D eigenvalue weighted by Crippen LogP contribution is 2.36. The number of carbonyl (C=O) groups excluding carboxylic acids is 1. The highest BCUT2D eigenvalue weighted by molar-refractivity contribution is 5.76. The zero-order chi connectivity index (χ0) is 26.0. The first-order valence-corrected chi connectivity index (χ1v) is 13.1. The predicted molar refractivity (Wildman–Crippen MR) is 142 cm³/mol. The lowest BCUT2D eigenvalue weighted by atomic mass is 9.81. The van der Waals surface area contributed by atoms with E-state index in [-0.39, 0.29) is 36.8 Å². The molecule has 2 aromatic carbocycles. The molecule has 0 aliphatic carbocycles. The Morgan fingerprint density at radius 2 is 1.69 bits per heavy atom. The van der Waals surface area contributed by atoms with Crippen LogP contribution in [0, 0.1) is 11.3 Å². The van der Waals surface area contributed by atoms with E-state index in [1.165, 1.54) is 0 Å². The number of aliphatic hydroxyl groups excluding tert-OH is 1. The van der Waals surface area contributed by atoms with E-state index in [1.807, 2.05) is 81.4 Å². The molecule has 1 heterocycles. The van der Waals surface area contributed by atoms with Crippen LogP contribution in [0.4, 0.5) is 0 Å². The Bertz CT molecular complexity index is 926. The normalized spacial score (nSPS) is 20.8. The molecular weight excluding hydrogens is 452 g/mol. The molecule has 0 aromatic heterocycles. The third-order valence-electron chi connectivity index (χ3n) is 7.23. The summed E-state index contributed by atoms with van der Waals surface area (Å²) in [4.78, 5) is 13.0. The van der Waals surface area contributed by atoms with Crippen molar-refractivity contribution in [2.45, 2.75) is 90.5 Å². The molecule has 36 heavy (non-hydrogen) atoms. The van der Waals surface area contributed by atoms with E-state index in [0.29, 0.717) is 19.4 Å². The van der Waals surface area contributed by atoms with Gasteiger partial charge in [0.05, 0.1) is 36.4 Å². The van der Waals surface area contributed by atoms with E-state index in [4.69, 9.17) is 14.2 Å². The number of hydrogen-bond acceptors (Lipinski definition) is 5. The topological polar surface area (TPSA) is 65.0 Å². The van der Waals surface area contributed by atoms with Gasteiger partial charge in [-0.15, -0.1) is 6.58 Å². The number of esters is 1. The van der Waals surface area contributed by atoms with E-state index in [0.717, 1.165) is 30.4 Å². The van der Waals surface area contributed by atoms with Gasteiger partial charge in [-0.25, -0.2) is 0 Å². The summed E-state index contributed by atoms with van der Waals surface area (Å²) in [7, 11) is 0. The van der Waals surface area contributed by atoms with Crippen LogP contribution in [-0.2, 0) is 32.2 Å².